The van der Waals surface area contributed by atoms with Gasteiger partial charge >= 0.3 is 23.9 Å². The summed E-state index contributed by atoms with van der Waals surface area (Å²) in [5, 5.41) is 0. The molecule has 1 spiro atoms. The highest BCUT2D eigenvalue weighted by Gasteiger charge is 2.75. The van der Waals surface area contributed by atoms with Crippen molar-refractivity contribution in [2.24, 2.45) is 22.7 Å². The topological polar surface area (TPSA) is 124 Å². The molecule has 1 saturated heterocycles. The van der Waals surface area contributed by atoms with Crippen molar-refractivity contribution in [3.63, 3.8) is 0 Å². The summed E-state index contributed by atoms with van der Waals surface area (Å²) < 4.78 is 36.2. The van der Waals surface area contributed by atoms with Crippen LogP contribution >= 0.6 is 0 Å². The highest BCUT2D eigenvalue weighted by atomic mass is 16.8. The number of ether oxygens (including phenoxy) is 6. The van der Waals surface area contributed by atoms with Gasteiger partial charge in [0.2, 0.25) is 12.6 Å². The minimum Gasteiger partial charge on any atom is -0.458 e. The van der Waals surface area contributed by atoms with Gasteiger partial charge in [0.1, 0.15) is 11.5 Å². The third-order valence-electron chi connectivity index (χ3n) is 9.37. The molecule has 0 bridgehead atoms. The van der Waals surface area contributed by atoms with Gasteiger partial charge in [-0.2, -0.15) is 0 Å². The van der Waals surface area contributed by atoms with E-state index in [1.807, 2.05) is 33.8 Å². The van der Waals surface area contributed by atoms with E-state index in [1.54, 1.807) is 13.2 Å². The molecule has 1 aliphatic heterocycles. The molecule has 0 aromatic carbocycles. The maximum atomic E-state index is 13.1. The number of carbonyl (C=O) groups is 4. The minimum atomic E-state index is -1.36. The van der Waals surface area contributed by atoms with Gasteiger partial charge in [0.05, 0.1) is 6.10 Å². The van der Waals surface area contributed by atoms with Crippen molar-refractivity contribution in [2.45, 2.75) is 118 Å². The number of hydrogen-bond acceptors (Lipinski definition) is 10. The van der Waals surface area contributed by atoms with Crippen LogP contribution in [0.1, 0.15) is 87.0 Å². The van der Waals surface area contributed by atoms with Crippen LogP contribution in [-0.2, 0) is 47.6 Å². The van der Waals surface area contributed by atoms with E-state index in [2.05, 4.69) is 19.6 Å². The molecule has 0 N–H and O–H groups in total. The standard InChI is InChI=1S/C33H48O10/c1-10-13-26(36)41-28-20(5)32(8,16-15-19(4)12-3)25-18-23(38-9)17-24-30(42-27(37)14-11-2)43-31(40-22(7)35)33(24,25)29(28)39-21(6)34/h12,15,17,20,23,25,28-31H,3,10-11,13-14,16,18H2,1-2,4-9H3/b19-15-/t20-,23+,25+,28-,29+,30+,31-,32+,33-/m1/s1. The fourth-order valence-corrected chi connectivity index (χ4v) is 7.09. The van der Waals surface area contributed by atoms with Crippen molar-refractivity contribution < 1.29 is 47.6 Å². The number of allylic oxidation sites excluding steroid dienone is 3. The maximum Gasteiger partial charge on any atom is 0.308 e. The van der Waals surface area contributed by atoms with Gasteiger partial charge in [0, 0.05) is 45.3 Å². The van der Waals surface area contributed by atoms with E-state index < -0.39 is 71.5 Å². The predicted octanol–water partition coefficient (Wildman–Crippen LogP) is 5.34. The van der Waals surface area contributed by atoms with Gasteiger partial charge in [-0.05, 0) is 50.0 Å². The Kier molecular flexibility index (Phi) is 11.4. The summed E-state index contributed by atoms with van der Waals surface area (Å²) in [6.07, 6.45) is 3.07. The first-order valence-electron chi connectivity index (χ1n) is 15.2. The Morgan fingerprint density at radius 2 is 1.60 bits per heavy atom. The Morgan fingerprint density at radius 1 is 1.00 bits per heavy atom. The van der Waals surface area contributed by atoms with E-state index in [9.17, 15) is 19.2 Å². The van der Waals surface area contributed by atoms with Crippen molar-refractivity contribution in [1.82, 2.24) is 0 Å². The molecule has 0 amide bonds. The van der Waals surface area contributed by atoms with Crippen LogP contribution < -0.4 is 0 Å². The first-order chi connectivity index (χ1) is 20.3. The third kappa shape index (κ3) is 6.75. The Morgan fingerprint density at radius 3 is 2.14 bits per heavy atom. The molecule has 1 heterocycles. The Balaban J connectivity index is 2.39. The van der Waals surface area contributed by atoms with Crippen LogP contribution in [0.3, 0.4) is 0 Å². The van der Waals surface area contributed by atoms with Crippen molar-refractivity contribution >= 4 is 23.9 Å². The third-order valence-corrected chi connectivity index (χ3v) is 9.37. The summed E-state index contributed by atoms with van der Waals surface area (Å²) >= 11 is 0. The van der Waals surface area contributed by atoms with Crippen molar-refractivity contribution in [2.75, 3.05) is 7.11 Å². The second-order valence-electron chi connectivity index (χ2n) is 12.2. The van der Waals surface area contributed by atoms with E-state index in [4.69, 9.17) is 28.4 Å². The van der Waals surface area contributed by atoms with Gasteiger partial charge in [0.25, 0.3) is 0 Å². The van der Waals surface area contributed by atoms with Crippen LogP contribution in [0.5, 0.6) is 0 Å². The molecule has 43 heavy (non-hydrogen) atoms. The van der Waals surface area contributed by atoms with Crippen molar-refractivity contribution in [3.05, 3.63) is 36.0 Å². The summed E-state index contributed by atoms with van der Waals surface area (Å²) in [5.41, 5.74) is -0.572. The van der Waals surface area contributed by atoms with Crippen molar-refractivity contribution in [3.8, 4) is 0 Å². The number of hydrogen-bond donors (Lipinski definition) is 0. The van der Waals surface area contributed by atoms with Crippen LogP contribution in [-0.4, -0.2) is 61.9 Å². The van der Waals surface area contributed by atoms with Gasteiger partial charge in [-0.1, -0.05) is 52.0 Å². The molecule has 10 nitrogen and oxygen atoms in total. The minimum absolute atomic E-state index is 0.153. The number of methoxy groups -OCH3 is 1. The quantitative estimate of drug-likeness (QED) is 0.125. The molecule has 3 aliphatic rings. The van der Waals surface area contributed by atoms with E-state index in [1.165, 1.54) is 13.8 Å². The van der Waals surface area contributed by atoms with E-state index in [0.29, 0.717) is 31.3 Å². The molecule has 9 atom stereocenters. The molecule has 2 aliphatic carbocycles. The highest BCUT2D eigenvalue weighted by molar-refractivity contribution is 5.71. The maximum absolute atomic E-state index is 13.1. The predicted molar refractivity (Wildman–Crippen MR) is 157 cm³/mol. The lowest BCUT2D eigenvalue weighted by Crippen LogP contribution is -2.69. The molecule has 0 aromatic rings. The second kappa shape index (κ2) is 14.2. The molecule has 2 fully saturated rings. The molecular weight excluding hydrogens is 556 g/mol. The van der Waals surface area contributed by atoms with E-state index >= 15 is 0 Å². The largest absolute Gasteiger partial charge is 0.458 e. The summed E-state index contributed by atoms with van der Waals surface area (Å²) in [7, 11) is 1.59. The van der Waals surface area contributed by atoms with Gasteiger partial charge < -0.3 is 23.7 Å². The van der Waals surface area contributed by atoms with E-state index in [-0.39, 0.29) is 18.8 Å². The molecular formula is C33H48O10. The first-order valence-corrected chi connectivity index (χ1v) is 15.2. The average molecular weight is 605 g/mol. The summed E-state index contributed by atoms with van der Waals surface area (Å²) in [6.45, 7) is 16.2. The van der Waals surface area contributed by atoms with E-state index in [0.717, 1.165) is 5.57 Å². The molecule has 0 aromatic heterocycles. The average Bonchev–Trinajstić information content (AvgIpc) is 3.23. The van der Waals surface area contributed by atoms with Crippen LogP contribution in [0.4, 0.5) is 0 Å². The lowest BCUT2D eigenvalue weighted by molar-refractivity contribution is -0.279. The molecule has 1 saturated carbocycles. The Bertz CT molecular complexity index is 1140. The smallest absolute Gasteiger partial charge is 0.308 e. The summed E-state index contributed by atoms with van der Waals surface area (Å²) in [6, 6.07) is 0. The zero-order chi connectivity index (χ0) is 32.1. The highest BCUT2D eigenvalue weighted by Crippen LogP contribution is 2.68. The van der Waals surface area contributed by atoms with Gasteiger partial charge in [0.15, 0.2) is 6.10 Å². The summed E-state index contributed by atoms with van der Waals surface area (Å²) in [4.78, 5) is 51.3. The fraction of sp³-hybridized carbons (Fsp3) is 0.697. The SMILES string of the molecule is C=C/C(C)=C\C[C@@]1(C)[C@H](C)[C@@H](OC(=O)CCC)[C@H](OC(C)=O)[C@@]23C(=C[C@H](OC)C[C@@H]12)[C@@H](OC(=O)CCC)O[C@H]3OC(C)=O. The zero-order valence-electron chi connectivity index (χ0n) is 26.8. The summed E-state index contributed by atoms with van der Waals surface area (Å²) in [5.74, 6) is -2.90. The monoisotopic (exact) mass is 604 g/mol. The molecule has 0 radical (unpaired) electrons. The Hall–Kier alpha value is -2.98. The van der Waals surface area contributed by atoms with Crippen molar-refractivity contribution in [1.29, 1.82) is 0 Å². The van der Waals surface area contributed by atoms with Gasteiger partial charge in [-0.15, -0.1) is 0 Å². The van der Waals surface area contributed by atoms with Crippen LogP contribution in [0, 0.1) is 22.7 Å². The zero-order valence-corrected chi connectivity index (χ0v) is 26.8. The van der Waals surface area contributed by atoms with Crippen LogP contribution in [0.15, 0.2) is 36.0 Å². The number of esters is 4. The molecule has 240 valence electrons. The van der Waals surface area contributed by atoms with Crippen LogP contribution in [0.25, 0.3) is 0 Å². The van der Waals surface area contributed by atoms with Crippen LogP contribution in [0.2, 0.25) is 0 Å². The number of carbonyl (C=O) groups excluding carboxylic acids is 4. The Labute approximate surface area is 255 Å². The number of rotatable bonds is 12. The normalized spacial score (nSPS) is 35.1. The fourth-order valence-electron chi connectivity index (χ4n) is 7.09. The first kappa shape index (κ1) is 34.5. The molecule has 0 unspecified atom stereocenters. The molecule has 10 heteroatoms. The lowest BCUT2D eigenvalue weighted by Gasteiger charge is -2.62. The lowest BCUT2D eigenvalue weighted by atomic mass is 9.44. The van der Waals surface area contributed by atoms with Gasteiger partial charge in [-0.25, -0.2) is 0 Å². The molecule has 3 rings (SSSR count). The van der Waals surface area contributed by atoms with Gasteiger partial charge in [-0.3, -0.25) is 23.9 Å². The second-order valence-corrected chi connectivity index (χ2v) is 12.2.